The van der Waals surface area contributed by atoms with Crippen LogP contribution in [-0.4, -0.2) is 4.57 Å². The summed E-state index contributed by atoms with van der Waals surface area (Å²) in [7, 11) is 0. The van der Waals surface area contributed by atoms with Gasteiger partial charge in [-0.25, -0.2) is 13.2 Å². The van der Waals surface area contributed by atoms with Gasteiger partial charge in [0.1, 0.15) is 0 Å². The van der Waals surface area contributed by atoms with Crippen LogP contribution in [0.4, 0.5) is 18.9 Å². The first-order valence-electron chi connectivity index (χ1n) is 6.14. The van der Waals surface area contributed by atoms with E-state index in [1.54, 1.807) is 0 Å². The van der Waals surface area contributed by atoms with Crippen molar-refractivity contribution in [1.29, 1.82) is 0 Å². The molecule has 102 valence electrons. The van der Waals surface area contributed by atoms with Crippen LogP contribution >= 0.6 is 0 Å². The van der Waals surface area contributed by atoms with Gasteiger partial charge in [-0.3, -0.25) is 0 Å². The Morgan fingerprint density at radius 1 is 1.16 bits per heavy atom. The molecule has 1 heterocycles. The third-order valence-electron chi connectivity index (χ3n) is 2.85. The molecule has 0 aliphatic heterocycles. The number of halogens is 3. The van der Waals surface area contributed by atoms with E-state index in [0.717, 1.165) is 30.8 Å². The molecular formula is C14H15F3N2. The van der Waals surface area contributed by atoms with Gasteiger partial charge in [0.05, 0.1) is 6.54 Å². The summed E-state index contributed by atoms with van der Waals surface area (Å²) in [6, 6.07) is 5.74. The largest absolute Gasteiger partial charge is 0.379 e. The Morgan fingerprint density at radius 3 is 2.47 bits per heavy atom. The molecule has 1 aromatic carbocycles. The summed E-state index contributed by atoms with van der Waals surface area (Å²) in [5.74, 6) is -3.82. The average Bonchev–Trinajstić information content (AvgIpc) is 2.81. The Balaban J connectivity index is 2.08. The number of hydrogen-bond acceptors (Lipinski definition) is 1. The van der Waals surface area contributed by atoms with E-state index in [-0.39, 0.29) is 5.69 Å². The van der Waals surface area contributed by atoms with Crippen LogP contribution in [-0.2, 0) is 13.1 Å². The number of anilines is 1. The van der Waals surface area contributed by atoms with Crippen LogP contribution in [0.5, 0.6) is 0 Å². The molecule has 0 spiro atoms. The Morgan fingerprint density at radius 2 is 1.84 bits per heavy atom. The van der Waals surface area contributed by atoms with Gasteiger partial charge in [-0.2, -0.15) is 0 Å². The number of nitrogens with zero attached hydrogens (tertiary/aromatic N) is 1. The van der Waals surface area contributed by atoms with E-state index in [4.69, 9.17) is 0 Å². The zero-order valence-corrected chi connectivity index (χ0v) is 10.6. The van der Waals surface area contributed by atoms with Gasteiger partial charge in [0.25, 0.3) is 0 Å². The minimum absolute atomic E-state index is 0.223. The number of aromatic nitrogens is 1. The van der Waals surface area contributed by atoms with Crippen molar-refractivity contribution in [3.05, 3.63) is 53.6 Å². The molecule has 0 saturated heterocycles. The number of nitrogens with one attached hydrogen (secondary N) is 1. The van der Waals surface area contributed by atoms with Gasteiger partial charge in [0.15, 0.2) is 17.5 Å². The van der Waals surface area contributed by atoms with E-state index >= 15 is 0 Å². The Labute approximate surface area is 109 Å². The summed E-state index contributed by atoms with van der Waals surface area (Å²) in [5, 5.41) is 2.89. The predicted octanol–water partition coefficient (Wildman–Crippen LogP) is 3.93. The van der Waals surface area contributed by atoms with Crippen molar-refractivity contribution in [3.8, 4) is 0 Å². The zero-order chi connectivity index (χ0) is 13.8. The molecule has 19 heavy (non-hydrogen) atoms. The maximum Gasteiger partial charge on any atom is 0.194 e. The lowest BCUT2D eigenvalue weighted by molar-refractivity contribution is 0.447. The van der Waals surface area contributed by atoms with Gasteiger partial charge in [-0.15, -0.1) is 0 Å². The average molecular weight is 268 g/mol. The number of rotatable bonds is 5. The fourth-order valence-electron chi connectivity index (χ4n) is 1.92. The normalized spacial score (nSPS) is 10.7. The van der Waals surface area contributed by atoms with Crippen LogP contribution < -0.4 is 5.32 Å². The van der Waals surface area contributed by atoms with Gasteiger partial charge in [-0.05, 0) is 18.6 Å². The van der Waals surface area contributed by atoms with Crippen molar-refractivity contribution < 1.29 is 13.2 Å². The molecule has 5 heteroatoms. The zero-order valence-electron chi connectivity index (χ0n) is 10.6. The lowest BCUT2D eigenvalue weighted by Crippen LogP contribution is -2.07. The van der Waals surface area contributed by atoms with Crippen LogP contribution in [0.2, 0.25) is 0 Å². The first-order chi connectivity index (χ1) is 9.11. The van der Waals surface area contributed by atoms with Crippen molar-refractivity contribution in [2.75, 3.05) is 5.32 Å². The highest BCUT2D eigenvalue weighted by atomic mass is 19.2. The van der Waals surface area contributed by atoms with Crippen LogP contribution in [0, 0.1) is 17.5 Å². The van der Waals surface area contributed by atoms with Crippen molar-refractivity contribution in [3.63, 3.8) is 0 Å². The number of aryl methyl sites for hydroxylation is 1. The van der Waals surface area contributed by atoms with Gasteiger partial charge in [-0.1, -0.05) is 6.92 Å². The summed E-state index contributed by atoms with van der Waals surface area (Å²) < 4.78 is 41.0. The van der Waals surface area contributed by atoms with Crippen molar-refractivity contribution >= 4 is 5.69 Å². The number of benzene rings is 1. The molecule has 0 fully saturated rings. The molecule has 2 nitrogen and oxygen atoms in total. The summed E-state index contributed by atoms with van der Waals surface area (Å²) in [6.45, 7) is 3.38. The standard InChI is InChI=1S/C14H15F3N2/c1-2-5-19-6-3-4-11(19)9-18-10-7-12(15)14(17)13(16)8-10/h3-4,6-8,18H,2,5,9H2,1H3. The van der Waals surface area contributed by atoms with Gasteiger partial charge < -0.3 is 9.88 Å². The highest BCUT2D eigenvalue weighted by molar-refractivity contribution is 5.44. The highest BCUT2D eigenvalue weighted by Crippen LogP contribution is 2.18. The summed E-state index contributed by atoms with van der Waals surface area (Å²) in [4.78, 5) is 0. The smallest absolute Gasteiger partial charge is 0.194 e. The maximum absolute atomic E-state index is 13.0. The fraction of sp³-hybridized carbons (Fsp3) is 0.286. The van der Waals surface area contributed by atoms with E-state index < -0.39 is 17.5 Å². The van der Waals surface area contributed by atoms with Crippen LogP contribution in [0.1, 0.15) is 19.0 Å². The molecule has 0 saturated carbocycles. The molecule has 0 aliphatic rings. The van der Waals surface area contributed by atoms with Crippen molar-refractivity contribution in [2.45, 2.75) is 26.4 Å². The summed E-state index contributed by atoms with van der Waals surface area (Å²) >= 11 is 0. The quantitative estimate of drug-likeness (QED) is 0.813. The Bertz CT molecular complexity index is 541. The molecular weight excluding hydrogens is 253 g/mol. The van der Waals surface area contributed by atoms with E-state index in [0.29, 0.717) is 6.54 Å². The van der Waals surface area contributed by atoms with Crippen LogP contribution in [0.3, 0.4) is 0 Å². The first kappa shape index (κ1) is 13.5. The lowest BCUT2D eigenvalue weighted by atomic mass is 10.2. The van der Waals surface area contributed by atoms with E-state index in [9.17, 15) is 13.2 Å². The molecule has 0 amide bonds. The second-order valence-corrected chi connectivity index (χ2v) is 4.30. The molecule has 1 N–H and O–H groups in total. The first-order valence-corrected chi connectivity index (χ1v) is 6.14. The monoisotopic (exact) mass is 268 g/mol. The van der Waals surface area contributed by atoms with Crippen molar-refractivity contribution in [2.24, 2.45) is 0 Å². The molecule has 0 unspecified atom stereocenters. The second-order valence-electron chi connectivity index (χ2n) is 4.30. The van der Waals surface area contributed by atoms with Crippen LogP contribution in [0.25, 0.3) is 0 Å². The third kappa shape index (κ3) is 3.10. The Hall–Kier alpha value is -1.91. The molecule has 2 rings (SSSR count). The van der Waals surface area contributed by atoms with Gasteiger partial charge in [0, 0.05) is 36.3 Å². The topological polar surface area (TPSA) is 17.0 Å². The highest BCUT2D eigenvalue weighted by Gasteiger charge is 2.10. The fourth-order valence-corrected chi connectivity index (χ4v) is 1.92. The molecule has 1 aromatic heterocycles. The molecule has 0 aliphatic carbocycles. The minimum Gasteiger partial charge on any atom is -0.379 e. The molecule has 2 aromatic rings. The van der Waals surface area contributed by atoms with Gasteiger partial charge >= 0.3 is 0 Å². The second kappa shape index (κ2) is 5.82. The van der Waals surface area contributed by atoms with E-state index in [1.165, 1.54) is 0 Å². The van der Waals surface area contributed by atoms with E-state index in [1.807, 2.05) is 18.3 Å². The van der Waals surface area contributed by atoms with Gasteiger partial charge in [0.2, 0.25) is 0 Å². The SMILES string of the molecule is CCCn1cccc1CNc1cc(F)c(F)c(F)c1. The Kier molecular flexibility index (Phi) is 4.14. The molecule has 0 bridgehead atoms. The molecule has 0 radical (unpaired) electrons. The number of hydrogen-bond donors (Lipinski definition) is 1. The maximum atomic E-state index is 13.0. The third-order valence-corrected chi connectivity index (χ3v) is 2.85. The summed E-state index contributed by atoms with van der Waals surface area (Å²) in [6.07, 6.45) is 2.95. The predicted molar refractivity (Wildman–Crippen MR) is 68.4 cm³/mol. The molecule has 0 atom stereocenters. The lowest BCUT2D eigenvalue weighted by Gasteiger charge is -2.10. The van der Waals surface area contributed by atoms with Crippen LogP contribution in [0.15, 0.2) is 30.5 Å². The van der Waals surface area contributed by atoms with Crippen molar-refractivity contribution in [1.82, 2.24) is 4.57 Å². The summed E-state index contributed by atoms with van der Waals surface area (Å²) in [5.41, 5.74) is 1.23. The van der Waals surface area contributed by atoms with E-state index in [2.05, 4.69) is 16.8 Å². The minimum atomic E-state index is -1.44.